The lowest BCUT2D eigenvalue weighted by atomic mass is 10.2. The van der Waals surface area contributed by atoms with E-state index in [1.807, 2.05) is 0 Å². The predicted octanol–water partition coefficient (Wildman–Crippen LogP) is -0.408. The van der Waals surface area contributed by atoms with Crippen molar-refractivity contribution in [2.45, 2.75) is 23.6 Å². The van der Waals surface area contributed by atoms with Crippen LogP contribution in [0.2, 0.25) is 0 Å². The molecule has 6 heteroatoms. The topological polar surface area (TPSA) is 72.2 Å². The molecule has 1 aliphatic heterocycles. The third-order valence-electron chi connectivity index (χ3n) is 1.77. The fraction of sp³-hybridized carbons (Fsp3) is 1.00. The summed E-state index contributed by atoms with van der Waals surface area (Å²) in [5.74, 6) is 0. The highest BCUT2D eigenvalue weighted by molar-refractivity contribution is 7.89. The summed E-state index contributed by atoms with van der Waals surface area (Å²) in [5.41, 5.74) is -0.104. The molecule has 0 unspecified atom stereocenters. The molecule has 1 fully saturated rings. The summed E-state index contributed by atoms with van der Waals surface area (Å²) in [4.78, 5) is 0. The van der Waals surface area contributed by atoms with E-state index in [2.05, 4.69) is 5.32 Å². The van der Waals surface area contributed by atoms with E-state index in [9.17, 15) is 8.42 Å². The predicted molar refractivity (Wildman–Crippen MR) is 43.8 cm³/mol. The molecule has 1 rings (SSSR count). The molecule has 4 nitrogen and oxygen atoms in total. The normalized spacial score (nSPS) is 33.6. The maximum absolute atomic E-state index is 10.8. The Morgan fingerprint density at radius 1 is 1.45 bits per heavy atom. The number of rotatable bonds is 1. The van der Waals surface area contributed by atoms with Crippen molar-refractivity contribution < 1.29 is 8.42 Å². The first-order valence-corrected chi connectivity index (χ1v) is 5.44. The molecule has 66 valence electrons. The number of nitrogens with one attached hydrogen (secondary N) is 1. The molecule has 0 radical (unpaired) electrons. The highest BCUT2D eigenvalue weighted by Gasteiger charge is 2.26. The second-order valence-corrected chi connectivity index (χ2v) is 5.04. The number of sulfonamides is 1. The molecule has 1 aliphatic rings. The van der Waals surface area contributed by atoms with Crippen molar-refractivity contribution in [1.82, 2.24) is 5.32 Å². The van der Waals surface area contributed by atoms with Crippen LogP contribution < -0.4 is 10.5 Å². The van der Waals surface area contributed by atoms with Crippen LogP contribution in [0.3, 0.4) is 0 Å². The monoisotopic (exact) mass is 198 g/mol. The van der Waals surface area contributed by atoms with Crippen molar-refractivity contribution in [1.29, 1.82) is 0 Å². The van der Waals surface area contributed by atoms with Gasteiger partial charge < -0.3 is 0 Å². The first kappa shape index (κ1) is 9.25. The Bertz CT molecular complexity index is 221. The van der Waals surface area contributed by atoms with Crippen LogP contribution in [0.1, 0.15) is 12.8 Å². The Morgan fingerprint density at radius 2 is 2.09 bits per heavy atom. The lowest BCUT2D eigenvalue weighted by Crippen LogP contribution is -2.44. The van der Waals surface area contributed by atoms with Crippen LogP contribution in [-0.2, 0) is 10.0 Å². The van der Waals surface area contributed by atoms with Crippen LogP contribution in [0.15, 0.2) is 0 Å². The lowest BCUT2D eigenvalue weighted by molar-refractivity contribution is 0.472. The first-order valence-electron chi connectivity index (χ1n) is 3.39. The summed E-state index contributed by atoms with van der Waals surface area (Å²) in [6.07, 6.45) is 1.21. The van der Waals surface area contributed by atoms with Crippen LogP contribution in [0.25, 0.3) is 0 Å². The van der Waals surface area contributed by atoms with E-state index in [1.54, 1.807) is 0 Å². The number of alkyl halides is 1. The van der Waals surface area contributed by atoms with Crippen molar-refractivity contribution in [2.24, 2.45) is 5.14 Å². The second kappa shape index (κ2) is 3.26. The van der Waals surface area contributed by atoms with Gasteiger partial charge in [-0.25, -0.2) is 13.6 Å². The maximum Gasteiger partial charge on any atom is 0.213 e. The van der Waals surface area contributed by atoms with Gasteiger partial charge in [-0.15, -0.1) is 11.6 Å². The molecule has 0 spiro atoms. The standard InChI is InChI=1S/C5H11ClN2O2S/c6-5-2-1-4(3-8-5)11(7,9)10/h4-5,8H,1-3H2,(H2,7,9,10)/t4-,5+/m0/s1. The molecule has 0 saturated carbocycles. The SMILES string of the molecule is NS(=O)(=O)[C@H]1CC[C@H](Cl)NC1. The van der Waals surface area contributed by atoms with Crippen molar-refractivity contribution >= 4 is 21.6 Å². The largest absolute Gasteiger partial charge is 0.300 e. The number of primary sulfonamides is 1. The lowest BCUT2D eigenvalue weighted by Gasteiger charge is -2.24. The van der Waals surface area contributed by atoms with E-state index in [0.29, 0.717) is 19.4 Å². The minimum absolute atomic E-state index is 0.104. The van der Waals surface area contributed by atoms with Crippen LogP contribution in [0.5, 0.6) is 0 Å². The van der Waals surface area contributed by atoms with E-state index in [1.165, 1.54) is 0 Å². The minimum Gasteiger partial charge on any atom is -0.300 e. The number of halogens is 1. The molecule has 2 atom stereocenters. The zero-order chi connectivity index (χ0) is 8.48. The highest BCUT2D eigenvalue weighted by Crippen LogP contribution is 2.14. The van der Waals surface area contributed by atoms with Crippen molar-refractivity contribution in [3.8, 4) is 0 Å². The van der Waals surface area contributed by atoms with Gasteiger partial charge in [-0.3, -0.25) is 5.32 Å². The Balaban J connectivity index is 2.53. The zero-order valence-corrected chi connectivity index (χ0v) is 7.53. The number of hydrogen-bond donors (Lipinski definition) is 2. The zero-order valence-electron chi connectivity index (χ0n) is 5.96. The number of nitrogens with two attached hydrogens (primary N) is 1. The van der Waals surface area contributed by atoms with E-state index in [4.69, 9.17) is 16.7 Å². The Labute approximate surface area is 71.1 Å². The van der Waals surface area contributed by atoms with Gasteiger partial charge in [-0.1, -0.05) is 0 Å². The molecule has 0 aliphatic carbocycles. The quantitative estimate of drug-likeness (QED) is 0.445. The molecule has 1 heterocycles. The van der Waals surface area contributed by atoms with Gasteiger partial charge in [0.15, 0.2) is 0 Å². The average Bonchev–Trinajstić information content (AvgIpc) is 1.86. The van der Waals surface area contributed by atoms with Gasteiger partial charge in [0.2, 0.25) is 10.0 Å². The van der Waals surface area contributed by atoms with Gasteiger partial charge in [0.25, 0.3) is 0 Å². The van der Waals surface area contributed by atoms with Gasteiger partial charge in [-0.05, 0) is 12.8 Å². The van der Waals surface area contributed by atoms with Gasteiger partial charge >= 0.3 is 0 Å². The van der Waals surface area contributed by atoms with E-state index in [-0.39, 0.29) is 5.50 Å². The Hall–Kier alpha value is 0.160. The van der Waals surface area contributed by atoms with Gasteiger partial charge in [0.05, 0.1) is 10.8 Å². The smallest absolute Gasteiger partial charge is 0.213 e. The summed E-state index contributed by atoms with van der Waals surface area (Å²) in [6, 6.07) is 0. The molecule has 0 aromatic carbocycles. The van der Waals surface area contributed by atoms with Crippen LogP contribution >= 0.6 is 11.6 Å². The van der Waals surface area contributed by atoms with Gasteiger partial charge in [0.1, 0.15) is 0 Å². The van der Waals surface area contributed by atoms with Crippen LogP contribution in [-0.4, -0.2) is 25.7 Å². The molecule has 0 aromatic heterocycles. The number of hydrogen-bond acceptors (Lipinski definition) is 3. The Kier molecular flexibility index (Phi) is 2.74. The fourth-order valence-corrected chi connectivity index (χ4v) is 2.08. The second-order valence-electron chi connectivity index (χ2n) is 2.66. The molecule has 3 N–H and O–H groups in total. The van der Waals surface area contributed by atoms with Crippen molar-refractivity contribution in [3.05, 3.63) is 0 Å². The number of piperidine rings is 1. The van der Waals surface area contributed by atoms with Gasteiger partial charge in [0, 0.05) is 6.54 Å². The maximum atomic E-state index is 10.8. The van der Waals surface area contributed by atoms with Crippen molar-refractivity contribution in [3.63, 3.8) is 0 Å². The highest BCUT2D eigenvalue weighted by atomic mass is 35.5. The Morgan fingerprint density at radius 3 is 2.45 bits per heavy atom. The molecule has 0 bridgehead atoms. The average molecular weight is 199 g/mol. The molecule has 11 heavy (non-hydrogen) atoms. The summed E-state index contributed by atoms with van der Waals surface area (Å²) >= 11 is 5.69. The first-order chi connectivity index (χ1) is 5.00. The molecule has 1 saturated heterocycles. The van der Waals surface area contributed by atoms with Gasteiger partial charge in [-0.2, -0.15) is 0 Å². The summed E-state index contributed by atoms with van der Waals surface area (Å²) in [5, 5.41) is 7.33. The van der Waals surface area contributed by atoms with Crippen molar-refractivity contribution in [2.75, 3.05) is 6.54 Å². The molecule has 0 aromatic rings. The summed E-state index contributed by atoms with van der Waals surface area (Å²) in [6.45, 7) is 0.368. The van der Waals surface area contributed by atoms with Crippen LogP contribution in [0, 0.1) is 0 Å². The fourth-order valence-electron chi connectivity index (χ4n) is 1.08. The van der Waals surface area contributed by atoms with E-state index >= 15 is 0 Å². The molecular formula is C5H11ClN2O2S. The molecular weight excluding hydrogens is 188 g/mol. The summed E-state index contributed by atoms with van der Waals surface area (Å²) in [7, 11) is -3.37. The summed E-state index contributed by atoms with van der Waals surface area (Å²) < 4.78 is 21.6. The molecule has 0 amide bonds. The third-order valence-corrected chi connectivity index (χ3v) is 3.48. The van der Waals surface area contributed by atoms with E-state index < -0.39 is 15.3 Å². The third kappa shape index (κ3) is 2.59. The minimum atomic E-state index is -3.37. The van der Waals surface area contributed by atoms with Crippen LogP contribution in [0.4, 0.5) is 0 Å². The van der Waals surface area contributed by atoms with E-state index in [0.717, 1.165) is 0 Å².